The summed E-state index contributed by atoms with van der Waals surface area (Å²) in [7, 11) is 0. The van der Waals surface area contributed by atoms with Gasteiger partial charge in [-0.25, -0.2) is 4.39 Å². The molecule has 0 aliphatic carbocycles. The third kappa shape index (κ3) is 3.44. The van der Waals surface area contributed by atoms with Crippen molar-refractivity contribution in [3.8, 4) is 0 Å². The molecule has 0 fully saturated rings. The lowest BCUT2D eigenvalue weighted by Crippen LogP contribution is -2.08. The van der Waals surface area contributed by atoms with E-state index in [-0.39, 0.29) is 11.1 Å². The number of hydrogen-bond acceptors (Lipinski definition) is 1. The van der Waals surface area contributed by atoms with E-state index in [4.69, 9.17) is 23.2 Å². The van der Waals surface area contributed by atoms with E-state index < -0.39 is 5.82 Å². The van der Waals surface area contributed by atoms with Crippen LogP contribution in [0.3, 0.4) is 0 Å². The van der Waals surface area contributed by atoms with Crippen LogP contribution in [-0.4, -0.2) is 0 Å². The Hall–Kier alpha value is -1.25. The lowest BCUT2D eigenvalue weighted by Gasteiger charge is -2.18. The van der Waals surface area contributed by atoms with Crippen LogP contribution in [0.5, 0.6) is 0 Å². The van der Waals surface area contributed by atoms with Gasteiger partial charge in [0, 0.05) is 10.7 Å². The second-order valence-electron chi connectivity index (χ2n) is 5.03. The smallest absolute Gasteiger partial charge is 0.142 e. The largest absolute Gasteiger partial charge is 0.378 e. The van der Waals surface area contributed by atoms with E-state index in [1.165, 1.54) is 23.3 Å². The average Bonchev–Trinajstić information content (AvgIpc) is 2.32. The molecule has 0 aliphatic rings. The monoisotopic (exact) mass is 311 g/mol. The van der Waals surface area contributed by atoms with E-state index in [9.17, 15) is 4.39 Å². The molecule has 0 saturated heterocycles. The summed E-state index contributed by atoms with van der Waals surface area (Å²) in [6.45, 7) is 6.02. The summed E-state index contributed by atoms with van der Waals surface area (Å²) < 4.78 is 13.6. The maximum Gasteiger partial charge on any atom is 0.142 e. The Morgan fingerprint density at radius 3 is 2.15 bits per heavy atom. The molecule has 0 bridgehead atoms. The fourth-order valence-electron chi connectivity index (χ4n) is 2.26. The van der Waals surface area contributed by atoms with Gasteiger partial charge in [0.1, 0.15) is 5.82 Å². The number of anilines is 1. The zero-order chi connectivity index (χ0) is 14.9. The quantitative estimate of drug-likeness (QED) is 0.693. The topological polar surface area (TPSA) is 12.0 Å². The van der Waals surface area contributed by atoms with Gasteiger partial charge < -0.3 is 5.32 Å². The molecule has 1 unspecified atom stereocenters. The number of aryl methyl sites for hydroxylation is 2. The van der Waals surface area contributed by atoms with E-state index in [1.54, 1.807) is 0 Å². The molecule has 2 aromatic rings. The minimum atomic E-state index is -0.458. The summed E-state index contributed by atoms with van der Waals surface area (Å²) in [5, 5.41) is 3.83. The molecular formula is C16H16Cl2FN. The van der Waals surface area contributed by atoms with Crippen molar-refractivity contribution in [2.45, 2.75) is 26.8 Å². The first-order valence-electron chi connectivity index (χ1n) is 6.36. The Labute approximate surface area is 128 Å². The zero-order valence-electron chi connectivity index (χ0n) is 11.6. The molecule has 0 spiro atoms. The number of halogens is 3. The molecule has 0 aromatic heterocycles. The number of hydrogen-bond donors (Lipinski definition) is 1. The van der Waals surface area contributed by atoms with Crippen LogP contribution in [0.4, 0.5) is 10.1 Å². The van der Waals surface area contributed by atoms with Crippen molar-refractivity contribution in [3.05, 3.63) is 62.9 Å². The van der Waals surface area contributed by atoms with Crippen LogP contribution in [-0.2, 0) is 0 Å². The van der Waals surface area contributed by atoms with Crippen LogP contribution in [0.15, 0.2) is 30.3 Å². The Balaban J connectivity index is 2.28. The summed E-state index contributed by atoms with van der Waals surface area (Å²) in [6.07, 6.45) is 0. The molecular weight excluding hydrogens is 296 g/mol. The Kier molecular flexibility index (Phi) is 4.56. The highest BCUT2D eigenvalue weighted by molar-refractivity contribution is 6.35. The summed E-state index contributed by atoms with van der Waals surface area (Å²) >= 11 is 11.8. The summed E-state index contributed by atoms with van der Waals surface area (Å²) in [5.41, 5.74) is 4.02. The van der Waals surface area contributed by atoms with Crippen LogP contribution < -0.4 is 5.32 Å². The second-order valence-corrected chi connectivity index (χ2v) is 5.84. The van der Waals surface area contributed by atoms with E-state index in [2.05, 4.69) is 11.4 Å². The SMILES string of the molecule is Cc1cc(C)cc(NC(C)c2cc(F)c(Cl)cc2Cl)c1. The van der Waals surface area contributed by atoms with Crippen LogP contribution >= 0.6 is 23.2 Å². The van der Waals surface area contributed by atoms with Crippen molar-refractivity contribution in [2.24, 2.45) is 0 Å². The van der Waals surface area contributed by atoms with Crippen molar-refractivity contribution in [1.29, 1.82) is 0 Å². The van der Waals surface area contributed by atoms with Gasteiger partial charge in [-0.3, -0.25) is 0 Å². The molecule has 4 heteroatoms. The molecule has 0 aliphatic heterocycles. The molecule has 2 aromatic carbocycles. The summed E-state index contributed by atoms with van der Waals surface area (Å²) in [4.78, 5) is 0. The average molecular weight is 312 g/mol. The van der Waals surface area contributed by atoms with Gasteiger partial charge in [0.25, 0.3) is 0 Å². The number of nitrogens with one attached hydrogen (secondary N) is 1. The summed E-state index contributed by atoms with van der Waals surface area (Å²) in [5.74, 6) is -0.458. The van der Waals surface area contributed by atoms with Gasteiger partial charge >= 0.3 is 0 Å². The summed E-state index contributed by atoms with van der Waals surface area (Å²) in [6, 6.07) is 8.90. The predicted molar refractivity (Wildman–Crippen MR) is 84.4 cm³/mol. The van der Waals surface area contributed by atoms with Gasteiger partial charge in [-0.1, -0.05) is 29.3 Å². The Morgan fingerprint density at radius 1 is 0.950 bits per heavy atom. The lowest BCUT2D eigenvalue weighted by atomic mass is 10.1. The minimum Gasteiger partial charge on any atom is -0.378 e. The molecule has 1 N–H and O–H groups in total. The van der Waals surface area contributed by atoms with Gasteiger partial charge in [-0.15, -0.1) is 0 Å². The van der Waals surface area contributed by atoms with E-state index in [0.717, 1.165) is 5.69 Å². The van der Waals surface area contributed by atoms with Crippen molar-refractivity contribution < 1.29 is 4.39 Å². The molecule has 1 atom stereocenters. The second kappa shape index (κ2) is 6.02. The maximum atomic E-state index is 13.6. The van der Waals surface area contributed by atoms with E-state index in [1.807, 2.05) is 32.9 Å². The van der Waals surface area contributed by atoms with Crippen LogP contribution in [0.25, 0.3) is 0 Å². The molecule has 1 nitrogen and oxygen atoms in total. The van der Waals surface area contributed by atoms with Crippen molar-refractivity contribution >= 4 is 28.9 Å². The molecule has 20 heavy (non-hydrogen) atoms. The van der Waals surface area contributed by atoms with Gasteiger partial charge in [0.05, 0.1) is 11.1 Å². The first kappa shape index (κ1) is 15.1. The molecule has 106 valence electrons. The number of rotatable bonds is 3. The predicted octanol–water partition coefficient (Wildman–Crippen LogP) is 5.92. The minimum absolute atomic E-state index is 0.0392. The first-order valence-corrected chi connectivity index (χ1v) is 7.11. The van der Waals surface area contributed by atoms with Gasteiger partial charge in [0.2, 0.25) is 0 Å². The van der Waals surface area contributed by atoms with Gasteiger partial charge in [-0.2, -0.15) is 0 Å². The maximum absolute atomic E-state index is 13.6. The fraction of sp³-hybridized carbons (Fsp3) is 0.250. The lowest BCUT2D eigenvalue weighted by molar-refractivity contribution is 0.624. The number of benzene rings is 2. The highest BCUT2D eigenvalue weighted by Crippen LogP contribution is 2.30. The van der Waals surface area contributed by atoms with Crippen molar-refractivity contribution in [2.75, 3.05) is 5.32 Å². The highest BCUT2D eigenvalue weighted by Gasteiger charge is 2.13. The Bertz CT molecular complexity index is 620. The molecule has 0 heterocycles. The fourth-order valence-corrected chi connectivity index (χ4v) is 2.80. The standard InChI is InChI=1S/C16H16Cl2FN/c1-9-4-10(2)6-12(5-9)20-11(3)13-7-16(19)15(18)8-14(13)17/h4-8,11,20H,1-3H3. The van der Waals surface area contributed by atoms with E-state index in [0.29, 0.717) is 10.6 Å². The highest BCUT2D eigenvalue weighted by atomic mass is 35.5. The van der Waals surface area contributed by atoms with Crippen LogP contribution in [0, 0.1) is 19.7 Å². The zero-order valence-corrected chi connectivity index (χ0v) is 13.1. The molecule has 2 rings (SSSR count). The normalized spacial score (nSPS) is 12.3. The molecule has 0 amide bonds. The third-order valence-corrected chi connectivity index (χ3v) is 3.73. The Morgan fingerprint density at radius 2 is 1.55 bits per heavy atom. The van der Waals surface area contributed by atoms with E-state index >= 15 is 0 Å². The van der Waals surface area contributed by atoms with Crippen molar-refractivity contribution in [3.63, 3.8) is 0 Å². The van der Waals surface area contributed by atoms with Crippen LogP contribution in [0.2, 0.25) is 10.0 Å². The molecule has 0 radical (unpaired) electrons. The van der Waals surface area contributed by atoms with Gasteiger partial charge in [0.15, 0.2) is 0 Å². The third-order valence-electron chi connectivity index (χ3n) is 3.11. The molecule has 0 saturated carbocycles. The van der Waals surface area contributed by atoms with Gasteiger partial charge in [-0.05, 0) is 61.7 Å². The van der Waals surface area contributed by atoms with Crippen molar-refractivity contribution in [1.82, 2.24) is 0 Å². The first-order chi connectivity index (χ1) is 9.36. The van der Waals surface area contributed by atoms with Crippen LogP contribution in [0.1, 0.15) is 29.7 Å².